The van der Waals surface area contributed by atoms with Gasteiger partial charge in [0.25, 0.3) is 0 Å². The molecular weight excluding hydrogens is 424 g/mol. The minimum atomic E-state index is -0.406. The minimum Gasteiger partial charge on any atom is -0.461 e. The number of aliphatic hydroxyl groups excluding tert-OH is 2. The summed E-state index contributed by atoms with van der Waals surface area (Å²) in [6, 6.07) is 0. The van der Waals surface area contributed by atoms with Crippen molar-refractivity contribution >= 4 is 5.97 Å². The molecule has 34 heavy (non-hydrogen) atoms. The Labute approximate surface area is 205 Å². The van der Waals surface area contributed by atoms with Crippen LogP contribution in [-0.2, 0) is 9.53 Å². The SMILES string of the molecule is CC12CC(OC1=O)C1(C)CCC3(C)C(=CCC4C5(C)CCC(O)C(C)(CO)C5CCC43C)C1C2. The fourth-order valence-electron chi connectivity index (χ4n) is 11.1. The molecule has 2 bridgehead atoms. The van der Waals surface area contributed by atoms with Gasteiger partial charge in [-0.25, -0.2) is 0 Å². The average Bonchev–Trinajstić information content (AvgIpc) is 3.05. The van der Waals surface area contributed by atoms with Crippen molar-refractivity contribution in [1.82, 2.24) is 0 Å². The van der Waals surface area contributed by atoms with Crippen LogP contribution in [0.25, 0.3) is 0 Å². The molecule has 5 fully saturated rings. The van der Waals surface area contributed by atoms with Crippen LogP contribution in [0.5, 0.6) is 0 Å². The summed E-state index contributed by atoms with van der Waals surface area (Å²) in [5.74, 6) is 1.38. The molecule has 1 saturated heterocycles. The number of hydrogen-bond donors (Lipinski definition) is 2. The van der Waals surface area contributed by atoms with Crippen LogP contribution >= 0.6 is 0 Å². The molecule has 6 aliphatic rings. The van der Waals surface area contributed by atoms with E-state index in [9.17, 15) is 15.0 Å². The van der Waals surface area contributed by atoms with Gasteiger partial charge in [-0.3, -0.25) is 4.79 Å². The van der Waals surface area contributed by atoms with E-state index in [1.807, 2.05) is 0 Å². The van der Waals surface area contributed by atoms with Gasteiger partial charge < -0.3 is 14.9 Å². The van der Waals surface area contributed by atoms with E-state index in [2.05, 4.69) is 47.6 Å². The fourth-order valence-corrected chi connectivity index (χ4v) is 11.1. The first kappa shape index (κ1) is 23.5. The summed E-state index contributed by atoms with van der Waals surface area (Å²) in [5.41, 5.74) is 1.44. The molecule has 190 valence electrons. The van der Waals surface area contributed by atoms with Gasteiger partial charge in [-0.1, -0.05) is 46.3 Å². The van der Waals surface area contributed by atoms with Gasteiger partial charge in [0.2, 0.25) is 0 Å². The monoisotopic (exact) mass is 470 g/mol. The second kappa shape index (κ2) is 6.71. The van der Waals surface area contributed by atoms with Gasteiger partial charge in [0.1, 0.15) is 6.10 Å². The van der Waals surface area contributed by atoms with Crippen LogP contribution in [0.3, 0.4) is 0 Å². The number of carbonyl (C=O) groups is 1. The molecule has 2 N–H and O–H groups in total. The molecule has 6 rings (SSSR count). The van der Waals surface area contributed by atoms with Gasteiger partial charge in [-0.05, 0) is 92.3 Å². The minimum absolute atomic E-state index is 0.0346. The zero-order valence-corrected chi connectivity index (χ0v) is 22.2. The summed E-state index contributed by atoms with van der Waals surface area (Å²) in [4.78, 5) is 12.8. The summed E-state index contributed by atoms with van der Waals surface area (Å²) in [6.45, 7) is 14.4. The van der Waals surface area contributed by atoms with Gasteiger partial charge in [-0.2, -0.15) is 0 Å². The van der Waals surface area contributed by atoms with Gasteiger partial charge >= 0.3 is 5.97 Å². The van der Waals surface area contributed by atoms with E-state index in [0.717, 1.165) is 51.4 Å². The van der Waals surface area contributed by atoms with E-state index in [1.165, 1.54) is 6.42 Å². The summed E-state index contributed by atoms with van der Waals surface area (Å²) >= 11 is 0. The van der Waals surface area contributed by atoms with Crippen LogP contribution < -0.4 is 0 Å². The number of allylic oxidation sites excluding steroid dienone is 2. The van der Waals surface area contributed by atoms with Gasteiger partial charge in [0.05, 0.1) is 18.1 Å². The zero-order chi connectivity index (χ0) is 24.5. The van der Waals surface area contributed by atoms with Crippen molar-refractivity contribution in [3.63, 3.8) is 0 Å². The lowest BCUT2D eigenvalue weighted by Gasteiger charge is -2.71. The second-order valence-electron chi connectivity index (χ2n) is 14.9. The van der Waals surface area contributed by atoms with Gasteiger partial charge in [0, 0.05) is 17.3 Å². The first-order valence-electron chi connectivity index (χ1n) is 14.0. The largest absolute Gasteiger partial charge is 0.461 e. The van der Waals surface area contributed by atoms with Crippen LogP contribution in [0.15, 0.2) is 11.6 Å². The maximum atomic E-state index is 12.8. The summed E-state index contributed by atoms with van der Waals surface area (Å²) in [5, 5.41) is 21.3. The van der Waals surface area contributed by atoms with E-state index in [-0.39, 0.29) is 45.8 Å². The fraction of sp³-hybridized carbons (Fsp3) is 0.900. The number of aliphatic hydroxyl groups is 2. The first-order chi connectivity index (χ1) is 15.8. The average molecular weight is 471 g/mol. The topological polar surface area (TPSA) is 66.8 Å². The molecule has 11 unspecified atom stereocenters. The highest BCUT2D eigenvalue weighted by Crippen LogP contribution is 2.76. The number of esters is 1. The predicted molar refractivity (Wildman–Crippen MR) is 132 cm³/mol. The maximum absolute atomic E-state index is 12.8. The Bertz CT molecular complexity index is 957. The molecule has 0 amide bonds. The Morgan fingerprint density at radius 2 is 1.68 bits per heavy atom. The smallest absolute Gasteiger partial charge is 0.312 e. The Hall–Kier alpha value is -0.870. The molecule has 0 spiro atoms. The zero-order valence-electron chi connectivity index (χ0n) is 22.2. The van der Waals surface area contributed by atoms with Crippen molar-refractivity contribution in [3.05, 3.63) is 11.6 Å². The maximum Gasteiger partial charge on any atom is 0.312 e. The number of carbonyl (C=O) groups excluding carboxylic acids is 1. The molecule has 0 radical (unpaired) electrons. The normalized spacial score (nSPS) is 60.3. The third-order valence-electron chi connectivity index (χ3n) is 13.7. The molecule has 0 aromatic heterocycles. The molecule has 11 atom stereocenters. The van der Waals surface area contributed by atoms with Crippen LogP contribution in [0.4, 0.5) is 0 Å². The number of rotatable bonds is 1. The van der Waals surface area contributed by atoms with E-state index < -0.39 is 11.5 Å². The van der Waals surface area contributed by atoms with Crippen LogP contribution in [0.2, 0.25) is 0 Å². The highest BCUT2D eigenvalue weighted by Gasteiger charge is 2.71. The Kier molecular flexibility index (Phi) is 4.64. The third-order valence-corrected chi connectivity index (χ3v) is 13.7. The predicted octanol–water partition coefficient (Wildman–Crippen LogP) is 5.66. The van der Waals surface area contributed by atoms with Gasteiger partial charge in [0.15, 0.2) is 0 Å². The Morgan fingerprint density at radius 3 is 2.38 bits per heavy atom. The second-order valence-corrected chi connectivity index (χ2v) is 14.9. The summed E-state index contributed by atoms with van der Waals surface area (Å²) < 4.78 is 6.02. The molecule has 1 aliphatic heterocycles. The standard InChI is InChI=1S/C30H46O4/c1-25-15-19-18-7-8-21-27(3)11-10-22(32)28(4,17-31)20(27)9-12-30(21,6)29(18,5)14-13-26(19,2)23(16-25)34-24(25)33/h7,19-23,31-32H,8-17H2,1-6H3. The van der Waals surface area contributed by atoms with Crippen molar-refractivity contribution in [1.29, 1.82) is 0 Å². The molecule has 1 heterocycles. The highest BCUT2D eigenvalue weighted by molar-refractivity contribution is 5.79. The highest BCUT2D eigenvalue weighted by atomic mass is 16.6. The van der Waals surface area contributed by atoms with E-state index in [1.54, 1.807) is 5.57 Å². The van der Waals surface area contributed by atoms with Crippen molar-refractivity contribution in [2.45, 2.75) is 112 Å². The van der Waals surface area contributed by atoms with E-state index >= 15 is 0 Å². The molecule has 4 saturated carbocycles. The molecule has 5 aliphatic carbocycles. The lowest BCUT2D eigenvalue weighted by atomic mass is 9.33. The molecule has 0 aromatic carbocycles. The lowest BCUT2D eigenvalue weighted by Crippen LogP contribution is -2.65. The van der Waals surface area contributed by atoms with Crippen LogP contribution in [0.1, 0.15) is 99.3 Å². The van der Waals surface area contributed by atoms with E-state index in [4.69, 9.17) is 4.74 Å². The molecule has 4 nitrogen and oxygen atoms in total. The first-order valence-corrected chi connectivity index (χ1v) is 14.0. The summed E-state index contributed by atoms with van der Waals surface area (Å²) in [6.07, 6.45) is 11.6. The number of hydrogen-bond acceptors (Lipinski definition) is 4. The van der Waals surface area contributed by atoms with Crippen molar-refractivity contribution in [2.24, 2.45) is 50.2 Å². The quantitative estimate of drug-likeness (QED) is 0.383. The van der Waals surface area contributed by atoms with Crippen LogP contribution in [0, 0.1) is 50.2 Å². The van der Waals surface area contributed by atoms with Gasteiger partial charge in [-0.15, -0.1) is 0 Å². The van der Waals surface area contributed by atoms with Crippen LogP contribution in [-0.4, -0.2) is 35.0 Å². The summed E-state index contributed by atoms with van der Waals surface area (Å²) in [7, 11) is 0. The Morgan fingerprint density at radius 1 is 0.941 bits per heavy atom. The molecular formula is C30H46O4. The Balaban J connectivity index is 1.43. The molecule has 4 heteroatoms. The number of ether oxygens (including phenoxy) is 1. The number of fused-ring (bicyclic) bond motifs is 10. The van der Waals surface area contributed by atoms with Crippen molar-refractivity contribution < 1.29 is 19.7 Å². The molecule has 0 aromatic rings. The third kappa shape index (κ3) is 2.46. The van der Waals surface area contributed by atoms with E-state index in [0.29, 0.717) is 17.8 Å². The lowest BCUT2D eigenvalue weighted by molar-refractivity contribution is -0.216. The van der Waals surface area contributed by atoms with Crippen molar-refractivity contribution in [2.75, 3.05) is 6.61 Å². The van der Waals surface area contributed by atoms with Crippen molar-refractivity contribution in [3.8, 4) is 0 Å².